The van der Waals surface area contributed by atoms with E-state index in [1.165, 1.54) is 23.1 Å². The number of nitrogens with zero attached hydrogens (tertiary/aromatic N) is 3. The Bertz CT molecular complexity index is 995. The van der Waals surface area contributed by atoms with Gasteiger partial charge in [-0.1, -0.05) is 29.8 Å². The van der Waals surface area contributed by atoms with Crippen LogP contribution in [0.1, 0.15) is 46.4 Å². The van der Waals surface area contributed by atoms with Gasteiger partial charge in [-0.15, -0.1) is 0 Å². The van der Waals surface area contributed by atoms with Gasteiger partial charge in [0.05, 0.1) is 11.4 Å². The lowest BCUT2D eigenvalue weighted by atomic mass is 10.0. The maximum Gasteiger partial charge on any atom is 0.272 e. The number of hydrogen-bond donors (Lipinski definition) is 0. The molecule has 1 aromatic heterocycles. The molecule has 1 saturated heterocycles. The number of carbonyl (C=O) groups excluding carboxylic acids is 1. The van der Waals surface area contributed by atoms with Gasteiger partial charge in [-0.05, 0) is 75.4 Å². The third-order valence-corrected chi connectivity index (χ3v) is 5.65. The molecule has 0 atom stereocenters. The zero-order chi connectivity index (χ0) is 19.7. The van der Waals surface area contributed by atoms with Crippen molar-refractivity contribution in [2.75, 3.05) is 13.1 Å². The van der Waals surface area contributed by atoms with Gasteiger partial charge in [-0.3, -0.25) is 4.79 Å². The molecule has 1 aliphatic rings. The fraction of sp³-hybridized carbons (Fsp3) is 0.333. The van der Waals surface area contributed by atoms with E-state index in [-0.39, 0.29) is 5.91 Å². The van der Waals surface area contributed by atoms with Crippen LogP contribution in [-0.2, 0) is 0 Å². The van der Waals surface area contributed by atoms with Crippen LogP contribution in [0.5, 0.6) is 0 Å². The van der Waals surface area contributed by atoms with Gasteiger partial charge >= 0.3 is 0 Å². The van der Waals surface area contributed by atoms with Crippen LogP contribution < -0.4 is 0 Å². The Hall–Kier alpha value is -2.88. The van der Waals surface area contributed by atoms with Gasteiger partial charge in [0.1, 0.15) is 5.69 Å². The van der Waals surface area contributed by atoms with E-state index in [0.717, 1.165) is 42.9 Å². The summed E-state index contributed by atoms with van der Waals surface area (Å²) in [5, 5.41) is 4.84. The van der Waals surface area contributed by atoms with E-state index < -0.39 is 0 Å². The Morgan fingerprint density at radius 1 is 0.857 bits per heavy atom. The van der Waals surface area contributed by atoms with Gasteiger partial charge in [0.2, 0.25) is 0 Å². The summed E-state index contributed by atoms with van der Waals surface area (Å²) in [4.78, 5) is 15.3. The molecule has 1 fully saturated rings. The maximum absolute atomic E-state index is 13.3. The van der Waals surface area contributed by atoms with Crippen LogP contribution in [0.4, 0.5) is 0 Å². The highest BCUT2D eigenvalue weighted by atomic mass is 16.2. The van der Waals surface area contributed by atoms with Gasteiger partial charge in [-0.2, -0.15) is 5.10 Å². The quantitative estimate of drug-likeness (QED) is 0.641. The lowest BCUT2D eigenvalue weighted by Gasteiger charge is -2.26. The average molecular weight is 374 g/mol. The molecular weight excluding hydrogens is 346 g/mol. The molecule has 4 nitrogen and oxygen atoms in total. The smallest absolute Gasteiger partial charge is 0.272 e. The van der Waals surface area contributed by atoms with Crippen LogP contribution in [-0.4, -0.2) is 33.7 Å². The highest BCUT2D eigenvalue weighted by Gasteiger charge is 2.24. The van der Waals surface area contributed by atoms with Gasteiger partial charge in [0, 0.05) is 18.7 Å². The van der Waals surface area contributed by atoms with Crippen molar-refractivity contribution >= 4 is 5.91 Å². The van der Waals surface area contributed by atoms with E-state index in [2.05, 4.69) is 51.1 Å². The minimum absolute atomic E-state index is 0.0721. The number of aryl methyl sites for hydroxylation is 3. The highest BCUT2D eigenvalue weighted by molar-refractivity contribution is 5.94. The minimum Gasteiger partial charge on any atom is -0.337 e. The summed E-state index contributed by atoms with van der Waals surface area (Å²) in [5.74, 6) is 0.0721. The molecule has 0 bridgehead atoms. The molecule has 0 aliphatic carbocycles. The Kier molecular flexibility index (Phi) is 5.03. The van der Waals surface area contributed by atoms with Gasteiger partial charge in [-0.25, -0.2) is 4.68 Å². The summed E-state index contributed by atoms with van der Waals surface area (Å²) in [5.41, 5.74) is 7.11. The molecule has 2 heterocycles. The maximum atomic E-state index is 13.3. The topological polar surface area (TPSA) is 38.1 Å². The lowest BCUT2D eigenvalue weighted by Crippen LogP contribution is -2.36. The van der Waals surface area contributed by atoms with E-state index in [4.69, 9.17) is 5.10 Å². The predicted octanol–water partition coefficient (Wildman–Crippen LogP) is 5.09. The second kappa shape index (κ2) is 7.63. The highest BCUT2D eigenvalue weighted by Crippen LogP contribution is 2.25. The van der Waals surface area contributed by atoms with Gasteiger partial charge in [0.25, 0.3) is 5.91 Å². The van der Waals surface area contributed by atoms with E-state index >= 15 is 0 Å². The number of benzene rings is 2. The van der Waals surface area contributed by atoms with Crippen LogP contribution in [0.25, 0.3) is 16.9 Å². The predicted molar refractivity (Wildman–Crippen MR) is 113 cm³/mol. The van der Waals surface area contributed by atoms with Gasteiger partial charge in [0.15, 0.2) is 0 Å². The van der Waals surface area contributed by atoms with Crippen LogP contribution in [0.2, 0.25) is 0 Å². The van der Waals surface area contributed by atoms with Crippen molar-refractivity contribution < 1.29 is 4.79 Å². The lowest BCUT2D eigenvalue weighted by molar-refractivity contribution is 0.0715. The van der Waals surface area contributed by atoms with E-state index in [1.54, 1.807) is 4.68 Å². The molecular formula is C24H27N3O. The molecule has 0 unspecified atom stereocenters. The molecule has 4 rings (SSSR count). The standard InChI is InChI=1S/C24H27N3O/c1-17-7-11-21(12-8-17)27-23(24(28)26-13-5-4-6-14-26)16-22(25-27)20-10-9-18(2)19(3)15-20/h7-12,15-16H,4-6,13-14H2,1-3H3. The Balaban J connectivity index is 1.80. The summed E-state index contributed by atoms with van der Waals surface area (Å²) in [7, 11) is 0. The molecule has 0 saturated carbocycles. The monoisotopic (exact) mass is 373 g/mol. The molecule has 3 aromatic rings. The fourth-order valence-corrected chi connectivity index (χ4v) is 3.72. The zero-order valence-corrected chi connectivity index (χ0v) is 16.9. The van der Waals surface area contributed by atoms with E-state index in [0.29, 0.717) is 5.69 Å². The van der Waals surface area contributed by atoms with Crippen LogP contribution >= 0.6 is 0 Å². The second-order valence-corrected chi connectivity index (χ2v) is 7.81. The summed E-state index contributed by atoms with van der Waals surface area (Å²) in [6.45, 7) is 7.94. The summed E-state index contributed by atoms with van der Waals surface area (Å²) in [6.07, 6.45) is 3.36. The number of hydrogen-bond acceptors (Lipinski definition) is 2. The Morgan fingerprint density at radius 3 is 2.25 bits per heavy atom. The second-order valence-electron chi connectivity index (χ2n) is 7.81. The number of rotatable bonds is 3. The molecule has 1 amide bonds. The summed E-state index contributed by atoms with van der Waals surface area (Å²) in [6, 6.07) is 16.5. The first-order valence-corrected chi connectivity index (χ1v) is 10.1. The molecule has 4 heteroatoms. The van der Waals surface area contributed by atoms with Crippen molar-refractivity contribution in [2.24, 2.45) is 0 Å². The van der Waals surface area contributed by atoms with Crippen molar-refractivity contribution in [2.45, 2.75) is 40.0 Å². The normalized spacial score (nSPS) is 14.3. The number of aromatic nitrogens is 2. The first-order valence-electron chi connectivity index (χ1n) is 10.1. The van der Waals surface area contributed by atoms with Crippen LogP contribution in [0.15, 0.2) is 48.5 Å². The molecule has 0 spiro atoms. The number of amides is 1. The summed E-state index contributed by atoms with van der Waals surface area (Å²) >= 11 is 0. The molecule has 2 aromatic carbocycles. The van der Waals surface area contributed by atoms with Crippen molar-refractivity contribution in [3.8, 4) is 16.9 Å². The summed E-state index contributed by atoms with van der Waals surface area (Å²) < 4.78 is 1.81. The fourth-order valence-electron chi connectivity index (χ4n) is 3.72. The van der Waals surface area contributed by atoms with Crippen LogP contribution in [0, 0.1) is 20.8 Å². The molecule has 0 N–H and O–H groups in total. The average Bonchev–Trinajstić information content (AvgIpc) is 3.16. The van der Waals surface area contributed by atoms with Crippen molar-refractivity contribution in [3.63, 3.8) is 0 Å². The molecule has 1 aliphatic heterocycles. The third kappa shape index (κ3) is 3.59. The third-order valence-electron chi connectivity index (χ3n) is 5.65. The molecule has 0 radical (unpaired) electrons. The largest absolute Gasteiger partial charge is 0.337 e. The van der Waals surface area contributed by atoms with E-state index in [1.807, 2.05) is 23.1 Å². The van der Waals surface area contributed by atoms with Crippen molar-refractivity contribution in [1.29, 1.82) is 0 Å². The number of piperidine rings is 1. The minimum atomic E-state index is 0.0721. The van der Waals surface area contributed by atoms with Crippen molar-refractivity contribution in [1.82, 2.24) is 14.7 Å². The van der Waals surface area contributed by atoms with Crippen molar-refractivity contribution in [3.05, 3.63) is 70.9 Å². The first kappa shape index (κ1) is 18.5. The molecule has 144 valence electrons. The Morgan fingerprint density at radius 2 is 1.57 bits per heavy atom. The SMILES string of the molecule is Cc1ccc(-n2nc(-c3ccc(C)c(C)c3)cc2C(=O)N2CCCCC2)cc1. The number of carbonyl (C=O) groups is 1. The van der Waals surface area contributed by atoms with Gasteiger partial charge < -0.3 is 4.90 Å². The van der Waals surface area contributed by atoms with Crippen LogP contribution in [0.3, 0.4) is 0 Å². The molecule has 28 heavy (non-hydrogen) atoms. The number of likely N-dealkylation sites (tertiary alicyclic amines) is 1. The zero-order valence-electron chi connectivity index (χ0n) is 16.9. The Labute approximate surface area is 166 Å². The van der Waals surface area contributed by atoms with E-state index in [9.17, 15) is 4.79 Å². The first-order chi connectivity index (χ1) is 13.5.